The van der Waals surface area contributed by atoms with E-state index in [1.54, 1.807) is 13.1 Å². The second-order valence-electron chi connectivity index (χ2n) is 8.42. The number of hydrogen-bond donors (Lipinski definition) is 1. The lowest BCUT2D eigenvalue weighted by Crippen LogP contribution is -2.57. The number of carbonyl (C=O) groups is 1. The SMILES string of the molecule is CN=C(NCc1oc2ccc(F)cc2c1C)N1CCN(C(C)C(=O)N2CCCC2)CC1.I. The number of aryl methyl sites for hydroxylation is 1. The van der Waals surface area contributed by atoms with E-state index in [-0.39, 0.29) is 41.7 Å². The summed E-state index contributed by atoms with van der Waals surface area (Å²) in [5, 5.41) is 4.18. The lowest BCUT2D eigenvalue weighted by atomic mass is 10.1. The number of halogens is 2. The van der Waals surface area contributed by atoms with Crippen molar-refractivity contribution in [3.8, 4) is 0 Å². The topological polar surface area (TPSA) is 64.3 Å². The number of fused-ring (bicyclic) bond motifs is 1. The maximum atomic E-state index is 13.6. The van der Waals surface area contributed by atoms with Crippen molar-refractivity contribution < 1.29 is 13.6 Å². The number of furan rings is 1. The molecule has 0 spiro atoms. The number of carbonyl (C=O) groups excluding carboxylic acids is 1. The number of likely N-dealkylation sites (tertiary alicyclic amines) is 1. The maximum absolute atomic E-state index is 13.6. The van der Waals surface area contributed by atoms with Gasteiger partial charge in [0.1, 0.15) is 17.2 Å². The van der Waals surface area contributed by atoms with Crippen LogP contribution in [0.5, 0.6) is 0 Å². The summed E-state index contributed by atoms with van der Waals surface area (Å²) >= 11 is 0. The molecule has 0 bridgehead atoms. The summed E-state index contributed by atoms with van der Waals surface area (Å²) in [4.78, 5) is 23.6. The fourth-order valence-electron chi connectivity index (χ4n) is 4.58. The summed E-state index contributed by atoms with van der Waals surface area (Å²) in [6, 6.07) is 4.51. The Morgan fingerprint density at radius 3 is 2.50 bits per heavy atom. The summed E-state index contributed by atoms with van der Waals surface area (Å²) in [5.41, 5.74) is 1.63. The summed E-state index contributed by atoms with van der Waals surface area (Å²) in [6.45, 7) is 9.51. The molecule has 1 unspecified atom stereocenters. The second-order valence-corrected chi connectivity index (χ2v) is 8.42. The molecule has 176 valence electrons. The van der Waals surface area contributed by atoms with Gasteiger partial charge < -0.3 is 19.5 Å². The van der Waals surface area contributed by atoms with Gasteiger partial charge in [-0.1, -0.05) is 0 Å². The highest BCUT2D eigenvalue weighted by molar-refractivity contribution is 14.0. The van der Waals surface area contributed by atoms with Gasteiger partial charge in [-0.05, 0) is 44.9 Å². The van der Waals surface area contributed by atoms with Crippen LogP contribution in [-0.4, -0.2) is 78.9 Å². The predicted molar refractivity (Wildman–Crippen MR) is 135 cm³/mol. The Morgan fingerprint density at radius 1 is 1.16 bits per heavy atom. The van der Waals surface area contributed by atoms with Crippen LogP contribution in [0.4, 0.5) is 4.39 Å². The molecular weight excluding hydrogens is 524 g/mol. The number of amides is 1. The van der Waals surface area contributed by atoms with Gasteiger partial charge in [0.15, 0.2) is 5.96 Å². The number of nitrogens with one attached hydrogen (secondary N) is 1. The van der Waals surface area contributed by atoms with E-state index in [0.29, 0.717) is 12.1 Å². The first kappa shape index (κ1) is 24.8. The summed E-state index contributed by atoms with van der Waals surface area (Å²) in [7, 11) is 1.77. The van der Waals surface area contributed by atoms with Crippen LogP contribution in [0.15, 0.2) is 27.6 Å². The predicted octanol–water partition coefficient (Wildman–Crippen LogP) is 3.20. The molecule has 2 saturated heterocycles. The van der Waals surface area contributed by atoms with E-state index in [4.69, 9.17) is 4.42 Å². The monoisotopic (exact) mass is 557 g/mol. The lowest BCUT2D eigenvalue weighted by Gasteiger charge is -2.39. The molecule has 32 heavy (non-hydrogen) atoms. The quantitative estimate of drug-likeness (QED) is 0.356. The molecule has 4 rings (SSSR count). The molecular formula is C23H33FIN5O2. The molecule has 2 aromatic rings. The number of rotatable bonds is 4. The van der Waals surface area contributed by atoms with Crippen molar-refractivity contribution in [2.45, 2.75) is 39.3 Å². The minimum Gasteiger partial charge on any atom is -0.459 e. The third-order valence-corrected chi connectivity index (χ3v) is 6.55. The molecule has 0 saturated carbocycles. The highest BCUT2D eigenvalue weighted by atomic mass is 127. The Hall–Kier alpha value is -1.88. The van der Waals surface area contributed by atoms with E-state index in [1.807, 2.05) is 18.7 Å². The fraction of sp³-hybridized carbons (Fsp3) is 0.565. The molecule has 2 fully saturated rings. The van der Waals surface area contributed by atoms with Crippen LogP contribution in [0.25, 0.3) is 11.0 Å². The van der Waals surface area contributed by atoms with Crippen molar-refractivity contribution in [1.82, 2.24) is 20.0 Å². The third-order valence-electron chi connectivity index (χ3n) is 6.55. The van der Waals surface area contributed by atoms with E-state index < -0.39 is 0 Å². The molecule has 1 atom stereocenters. The van der Waals surface area contributed by atoms with Gasteiger partial charge >= 0.3 is 0 Å². The van der Waals surface area contributed by atoms with Gasteiger partial charge in [0.05, 0.1) is 12.6 Å². The Morgan fingerprint density at radius 2 is 1.84 bits per heavy atom. The van der Waals surface area contributed by atoms with Gasteiger partial charge in [-0.25, -0.2) is 4.39 Å². The number of aliphatic imine (C=N–C) groups is 1. The molecule has 1 N–H and O–H groups in total. The van der Waals surface area contributed by atoms with E-state index >= 15 is 0 Å². The highest BCUT2D eigenvalue weighted by Crippen LogP contribution is 2.26. The summed E-state index contributed by atoms with van der Waals surface area (Å²) in [6.07, 6.45) is 2.24. The molecule has 2 aliphatic rings. The van der Waals surface area contributed by atoms with Gasteiger partial charge in [-0.2, -0.15) is 0 Å². The molecule has 2 aliphatic heterocycles. The standard InChI is InChI=1S/C23H32FN5O2.HI/c1-16-19-14-18(24)6-7-20(19)31-21(16)15-26-23(25-3)29-12-10-27(11-13-29)17(2)22(30)28-8-4-5-9-28;/h6-7,14,17H,4-5,8-13,15H2,1-3H3,(H,25,26);1H. The molecule has 7 nitrogen and oxygen atoms in total. The van der Waals surface area contributed by atoms with Crippen LogP contribution in [0.1, 0.15) is 31.1 Å². The van der Waals surface area contributed by atoms with Crippen molar-refractivity contribution in [2.75, 3.05) is 46.3 Å². The second kappa shape index (κ2) is 10.8. The van der Waals surface area contributed by atoms with Gasteiger partial charge in [-0.15, -0.1) is 24.0 Å². The minimum atomic E-state index is -0.262. The lowest BCUT2D eigenvalue weighted by molar-refractivity contribution is -0.135. The van der Waals surface area contributed by atoms with Crippen LogP contribution < -0.4 is 5.32 Å². The maximum Gasteiger partial charge on any atom is 0.239 e. The van der Waals surface area contributed by atoms with E-state index in [2.05, 4.69) is 20.1 Å². The van der Waals surface area contributed by atoms with Gasteiger partial charge in [0, 0.05) is 57.3 Å². The van der Waals surface area contributed by atoms with E-state index in [0.717, 1.165) is 74.8 Å². The molecule has 0 radical (unpaired) electrons. The first-order valence-corrected chi connectivity index (χ1v) is 11.1. The van der Waals surface area contributed by atoms with Crippen molar-refractivity contribution in [1.29, 1.82) is 0 Å². The van der Waals surface area contributed by atoms with Gasteiger partial charge in [0.2, 0.25) is 5.91 Å². The molecule has 3 heterocycles. The number of hydrogen-bond acceptors (Lipinski definition) is 4. The van der Waals surface area contributed by atoms with Crippen LogP contribution in [-0.2, 0) is 11.3 Å². The molecule has 9 heteroatoms. The fourth-order valence-corrected chi connectivity index (χ4v) is 4.58. The third kappa shape index (κ3) is 5.19. The van der Waals surface area contributed by atoms with Crippen LogP contribution >= 0.6 is 24.0 Å². The molecule has 1 aromatic heterocycles. The average molecular weight is 557 g/mol. The Labute approximate surface area is 206 Å². The first-order valence-electron chi connectivity index (χ1n) is 11.1. The zero-order valence-corrected chi connectivity index (χ0v) is 21.4. The summed E-state index contributed by atoms with van der Waals surface area (Å²) in [5.74, 6) is 1.58. The van der Waals surface area contributed by atoms with Crippen molar-refractivity contribution >= 4 is 46.8 Å². The molecule has 1 aromatic carbocycles. The summed E-state index contributed by atoms with van der Waals surface area (Å²) < 4.78 is 19.5. The first-order chi connectivity index (χ1) is 15.0. The van der Waals surface area contributed by atoms with Gasteiger partial charge in [-0.3, -0.25) is 14.7 Å². The number of benzene rings is 1. The van der Waals surface area contributed by atoms with E-state index in [9.17, 15) is 9.18 Å². The zero-order valence-electron chi connectivity index (χ0n) is 19.1. The Bertz CT molecular complexity index is 965. The molecule has 0 aliphatic carbocycles. The zero-order chi connectivity index (χ0) is 22.0. The number of nitrogens with zero attached hydrogens (tertiary/aromatic N) is 4. The molecule has 1 amide bonds. The average Bonchev–Trinajstić information content (AvgIpc) is 3.43. The normalized spacial score (nSPS) is 18.7. The largest absolute Gasteiger partial charge is 0.459 e. The number of guanidine groups is 1. The highest BCUT2D eigenvalue weighted by Gasteiger charge is 2.30. The minimum absolute atomic E-state index is 0. The Balaban J connectivity index is 0.00000289. The van der Waals surface area contributed by atoms with E-state index in [1.165, 1.54) is 12.1 Å². The Kier molecular flexibility index (Phi) is 8.37. The van der Waals surface area contributed by atoms with Gasteiger partial charge in [0.25, 0.3) is 0 Å². The smallest absolute Gasteiger partial charge is 0.239 e. The number of piperazine rings is 1. The van der Waals surface area contributed by atoms with Crippen LogP contribution in [0.2, 0.25) is 0 Å². The van der Waals surface area contributed by atoms with Crippen LogP contribution in [0.3, 0.4) is 0 Å². The van der Waals surface area contributed by atoms with Crippen molar-refractivity contribution in [2.24, 2.45) is 4.99 Å². The van der Waals surface area contributed by atoms with Crippen molar-refractivity contribution in [3.05, 3.63) is 35.3 Å². The van der Waals surface area contributed by atoms with Crippen molar-refractivity contribution in [3.63, 3.8) is 0 Å². The van der Waals surface area contributed by atoms with Crippen LogP contribution in [0, 0.1) is 12.7 Å².